The van der Waals surface area contributed by atoms with Crippen molar-refractivity contribution in [2.75, 3.05) is 11.9 Å². The van der Waals surface area contributed by atoms with Crippen molar-refractivity contribution < 1.29 is 14.3 Å². The number of nitrogens with one attached hydrogen (secondary N) is 2. The van der Waals surface area contributed by atoms with E-state index in [0.29, 0.717) is 24.5 Å². The maximum absolute atomic E-state index is 12.9. The van der Waals surface area contributed by atoms with Gasteiger partial charge in [0, 0.05) is 24.0 Å². The molecule has 0 aliphatic carbocycles. The van der Waals surface area contributed by atoms with Gasteiger partial charge in [-0.1, -0.05) is 12.1 Å². The lowest BCUT2D eigenvalue weighted by atomic mass is 10.1. The zero-order chi connectivity index (χ0) is 15.5. The van der Waals surface area contributed by atoms with Gasteiger partial charge >= 0.3 is 0 Å². The Morgan fingerprint density at radius 1 is 1.45 bits per heavy atom. The van der Waals surface area contributed by atoms with Crippen LogP contribution in [0.2, 0.25) is 0 Å². The standard InChI is InChI=1S/C15H16FN3O2S/c16-10-3-1-9(2-4-10)5-12-8-18-15(22-12)19-14(21)13-6-11(20)7-17-13/h1-4,8,11,13,17,20H,5-7H2,(H,18,19,21)/t11-,13+/m0/s1. The highest BCUT2D eigenvalue weighted by Gasteiger charge is 2.28. The topological polar surface area (TPSA) is 74.2 Å². The van der Waals surface area contributed by atoms with Gasteiger partial charge in [-0.05, 0) is 24.1 Å². The molecule has 0 spiro atoms. The van der Waals surface area contributed by atoms with Gasteiger partial charge < -0.3 is 15.7 Å². The molecule has 1 saturated heterocycles. The molecule has 2 atom stereocenters. The molecule has 0 unspecified atom stereocenters. The molecule has 2 aromatic rings. The summed E-state index contributed by atoms with van der Waals surface area (Å²) in [5.74, 6) is -0.438. The average molecular weight is 321 g/mol. The summed E-state index contributed by atoms with van der Waals surface area (Å²) in [6.45, 7) is 0.436. The van der Waals surface area contributed by atoms with Crippen molar-refractivity contribution in [1.29, 1.82) is 0 Å². The van der Waals surface area contributed by atoms with Gasteiger partial charge in [-0.2, -0.15) is 0 Å². The molecule has 116 valence electrons. The van der Waals surface area contributed by atoms with Crippen LogP contribution in [0, 0.1) is 5.82 Å². The number of rotatable bonds is 4. The van der Waals surface area contributed by atoms with Gasteiger partial charge in [-0.3, -0.25) is 4.79 Å². The zero-order valence-electron chi connectivity index (χ0n) is 11.8. The minimum Gasteiger partial charge on any atom is -0.392 e. The summed E-state index contributed by atoms with van der Waals surface area (Å²) in [6.07, 6.45) is 2.30. The van der Waals surface area contributed by atoms with Gasteiger partial charge in [0.25, 0.3) is 0 Å². The average Bonchev–Trinajstić information content (AvgIpc) is 3.11. The number of carbonyl (C=O) groups is 1. The summed E-state index contributed by atoms with van der Waals surface area (Å²) in [7, 11) is 0. The summed E-state index contributed by atoms with van der Waals surface area (Å²) >= 11 is 1.39. The number of hydrogen-bond acceptors (Lipinski definition) is 5. The Bertz CT molecular complexity index is 659. The molecule has 5 nitrogen and oxygen atoms in total. The first-order valence-corrected chi connectivity index (χ1v) is 7.83. The SMILES string of the molecule is O=C(Nc1ncc(Cc2ccc(F)cc2)s1)[C@H]1C[C@H](O)CN1. The van der Waals surface area contributed by atoms with E-state index in [9.17, 15) is 14.3 Å². The van der Waals surface area contributed by atoms with E-state index < -0.39 is 6.10 Å². The van der Waals surface area contributed by atoms with Gasteiger partial charge in [-0.25, -0.2) is 9.37 Å². The highest BCUT2D eigenvalue weighted by Crippen LogP contribution is 2.22. The Kier molecular flexibility index (Phi) is 4.47. The highest BCUT2D eigenvalue weighted by molar-refractivity contribution is 7.15. The number of anilines is 1. The Morgan fingerprint density at radius 3 is 2.91 bits per heavy atom. The molecule has 22 heavy (non-hydrogen) atoms. The van der Waals surface area contributed by atoms with Gasteiger partial charge in [0.05, 0.1) is 12.1 Å². The number of amides is 1. The summed E-state index contributed by atoms with van der Waals surface area (Å²) in [5.41, 5.74) is 0.989. The van der Waals surface area contributed by atoms with Crippen LogP contribution in [0.15, 0.2) is 30.5 Å². The van der Waals surface area contributed by atoms with Crippen molar-refractivity contribution >= 4 is 22.4 Å². The molecule has 2 heterocycles. The second-order valence-corrected chi connectivity index (χ2v) is 6.39. The Morgan fingerprint density at radius 2 is 2.23 bits per heavy atom. The van der Waals surface area contributed by atoms with Crippen molar-refractivity contribution in [1.82, 2.24) is 10.3 Å². The van der Waals surface area contributed by atoms with Crippen LogP contribution in [0.1, 0.15) is 16.9 Å². The van der Waals surface area contributed by atoms with Crippen molar-refractivity contribution in [2.45, 2.75) is 25.0 Å². The van der Waals surface area contributed by atoms with E-state index in [-0.39, 0.29) is 17.8 Å². The second kappa shape index (κ2) is 6.51. The van der Waals surface area contributed by atoms with E-state index >= 15 is 0 Å². The number of β-amino-alcohol motifs (C(OH)–C–C–N with tert-alkyl or cyclic N) is 1. The van der Waals surface area contributed by atoms with E-state index in [1.54, 1.807) is 18.3 Å². The molecular weight excluding hydrogens is 305 g/mol. The van der Waals surface area contributed by atoms with E-state index in [4.69, 9.17) is 0 Å². The molecule has 1 aliphatic rings. The molecule has 0 bridgehead atoms. The normalized spacial score (nSPS) is 21.0. The second-order valence-electron chi connectivity index (χ2n) is 5.27. The lowest BCUT2D eigenvalue weighted by Crippen LogP contribution is -2.35. The van der Waals surface area contributed by atoms with Gasteiger partial charge in [0.2, 0.25) is 5.91 Å². The first-order chi connectivity index (χ1) is 10.6. The molecular formula is C15H16FN3O2S. The maximum atomic E-state index is 12.9. The molecule has 1 aromatic carbocycles. The van der Waals surface area contributed by atoms with Crippen LogP contribution in [-0.2, 0) is 11.2 Å². The van der Waals surface area contributed by atoms with Crippen molar-refractivity contribution in [3.05, 3.63) is 46.7 Å². The van der Waals surface area contributed by atoms with E-state index in [1.165, 1.54) is 23.5 Å². The fourth-order valence-electron chi connectivity index (χ4n) is 2.36. The van der Waals surface area contributed by atoms with Gasteiger partial charge in [0.15, 0.2) is 5.13 Å². The third-order valence-corrected chi connectivity index (χ3v) is 4.41. The number of hydrogen-bond donors (Lipinski definition) is 3. The fourth-order valence-corrected chi connectivity index (χ4v) is 3.21. The van der Waals surface area contributed by atoms with Gasteiger partial charge in [-0.15, -0.1) is 11.3 Å². The Balaban J connectivity index is 1.59. The quantitative estimate of drug-likeness (QED) is 0.798. The highest BCUT2D eigenvalue weighted by atomic mass is 32.1. The van der Waals surface area contributed by atoms with Crippen LogP contribution >= 0.6 is 11.3 Å². The van der Waals surface area contributed by atoms with Crippen LogP contribution < -0.4 is 10.6 Å². The van der Waals surface area contributed by atoms with Crippen molar-refractivity contribution in [2.24, 2.45) is 0 Å². The molecule has 1 aliphatic heterocycles. The molecule has 0 radical (unpaired) electrons. The smallest absolute Gasteiger partial charge is 0.243 e. The minimum absolute atomic E-state index is 0.181. The third kappa shape index (κ3) is 3.68. The molecule has 0 saturated carbocycles. The largest absolute Gasteiger partial charge is 0.392 e. The number of carbonyl (C=O) groups excluding carboxylic acids is 1. The number of benzene rings is 1. The Labute approximate surface area is 131 Å². The van der Waals surface area contributed by atoms with Crippen LogP contribution in [0.3, 0.4) is 0 Å². The number of aliphatic hydroxyl groups excluding tert-OH is 1. The Hall–Kier alpha value is -1.83. The summed E-state index contributed by atoms with van der Waals surface area (Å²) < 4.78 is 12.9. The van der Waals surface area contributed by atoms with Gasteiger partial charge in [0.1, 0.15) is 5.82 Å². The molecule has 1 aromatic heterocycles. The zero-order valence-corrected chi connectivity index (χ0v) is 12.6. The van der Waals surface area contributed by atoms with E-state index in [2.05, 4.69) is 15.6 Å². The maximum Gasteiger partial charge on any atom is 0.243 e. The lowest BCUT2D eigenvalue weighted by Gasteiger charge is -2.08. The first kappa shape index (κ1) is 15.1. The number of nitrogens with zero attached hydrogens (tertiary/aromatic N) is 1. The number of halogens is 1. The monoisotopic (exact) mass is 321 g/mol. The number of aliphatic hydroxyl groups is 1. The predicted octanol–water partition coefficient (Wildman–Crippen LogP) is 1.53. The predicted molar refractivity (Wildman–Crippen MR) is 82.4 cm³/mol. The molecule has 1 amide bonds. The summed E-state index contributed by atoms with van der Waals surface area (Å²) in [5, 5.41) is 15.7. The molecule has 3 N–H and O–H groups in total. The molecule has 3 rings (SSSR count). The number of thiazole rings is 1. The fraction of sp³-hybridized carbons (Fsp3) is 0.333. The summed E-state index contributed by atoms with van der Waals surface area (Å²) in [6, 6.07) is 5.94. The molecule has 1 fully saturated rings. The van der Waals surface area contributed by atoms with Crippen molar-refractivity contribution in [3.8, 4) is 0 Å². The molecule has 7 heteroatoms. The third-order valence-electron chi connectivity index (χ3n) is 3.50. The van der Waals surface area contributed by atoms with Crippen LogP contribution in [-0.4, -0.2) is 34.7 Å². The summed E-state index contributed by atoms with van der Waals surface area (Å²) in [4.78, 5) is 17.2. The van der Waals surface area contributed by atoms with Crippen LogP contribution in [0.4, 0.5) is 9.52 Å². The first-order valence-electron chi connectivity index (χ1n) is 7.01. The number of aromatic nitrogens is 1. The van der Waals surface area contributed by atoms with Crippen LogP contribution in [0.25, 0.3) is 0 Å². The lowest BCUT2D eigenvalue weighted by molar-refractivity contribution is -0.117. The van der Waals surface area contributed by atoms with E-state index in [1.807, 2.05) is 0 Å². The van der Waals surface area contributed by atoms with E-state index in [0.717, 1.165) is 10.4 Å². The van der Waals surface area contributed by atoms with Crippen LogP contribution in [0.5, 0.6) is 0 Å². The minimum atomic E-state index is -0.471. The van der Waals surface area contributed by atoms with Crippen molar-refractivity contribution in [3.63, 3.8) is 0 Å².